The molecule has 0 bridgehead atoms. The van der Waals surface area contributed by atoms with Crippen LogP contribution in [0.5, 0.6) is 0 Å². The van der Waals surface area contributed by atoms with Crippen LogP contribution in [0.25, 0.3) is 6.08 Å². The van der Waals surface area contributed by atoms with Gasteiger partial charge in [-0.3, -0.25) is 9.59 Å². The first-order valence-electron chi connectivity index (χ1n) is 6.62. The first kappa shape index (κ1) is 15.5. The van der Waals surface area contributed by atoms with Crippen LogP contribution in [0.4, 0.5) is 4.39 Å². The summed E-state index contributed by atoms with van der Waals surface area (Å²) in [5, 5.41) is 8.99. The summed E-state index contributed by atoms with van der Waals surface area (Å²) in [5.74, 6) is -2.14. The molecule has 1 amide bonds. The van der Waals surface area contributed by atoms with E-state index in [9.17, 15) is 14.0 Å². The lowest BCUT2D eigenvalue weighted by atomic mass is 9.98. The van der Waals surface area contributed by atoms with Crippen molar-refractivity contribution in [3.63, 3.8) is 0 Å². The van der Waals surface area contributed by atoms with Crippen molar-refractivity contribution in [2.45, 2.75) is 12.8 Å². The van der Waals surface area contributed by atoms with E-state index in [0.717, 1.165) is 0 Å². The number of carbonyl (C=O) groups is 2. The Morgan fingerprint density at radius 1 is 1.43 bits per heavy atom. The first-order chi connectivity index (χ1) is 9.97. The lowest BCUT2D eigenvalue weighted by Gasteiger charge is -2.29. The zero-order chi connectivity index (χ0) is 15.4. The molecule has 4 nitrogen and oxygen atoms in total. The molecule has 1 N–H and O–H groups in total. The second kappa shape index (κ2) is 6.72. The van der Waals surface area contributed by atoms with Crippen LogP contribution in [-0.2, 0) is 9.59 Å². The SMILES string of the molecule is O=C(O)[C@H]1CCCN(C(=O)/C=C/c2ccc(F)c(Cl)c2)C1. The van der Waals surface area contributed by atoms with Crippen molar-refractivity contribution in [3.8, 4) is 0 Å². The Balaban J connectivity index is 2.01. The predicted molar refractivity (Wildman–Crippen MR) is 77.4 cm³/mol. The van der Waals surface area contributed by atoms with Gasteiger partial charge in [0.05, 0.1) is 10.9 Å². The summed E-state index contributed by atoms with van der Waals surface area (Å²) in [6.45, 7) is 0.778. The van der Waals surface area contributed by atoms with Crippen LogP contribution >= 0.6 is 11.6 Å². The lowest BCUT2D eigenvalue weighted by molar-refractivity contribution is -0.144. The van der Waals surface area contributed by atoms with Crippen LogP contribution < -0.4 is 0 Å². The Bertz CT molecular complexity index is 588. The van der Waals surface area contributed by atoms with Crippen LogP contribution in [0.3, 0.4) is 0 Å². The maximum atomic E-state index is 13.0. The molecule has 6 heteroatoms. The maximum absolute atomic E-state index is 13.0. The van der Waals surface area contributed by atoms with E-state index in [1.54, 1.807) is 0 Å². The molecule has 112 valence electrons. The lowest BCUT2D eigenvalue weighted by Crippen LogP contribution is -2.41. The Morgan fingerprint density at radius 2 is 2.19 bits per heavy atom. The fraction of sp³-hybridized carbons (Fsp3) is 0.333. The van der Waals surface area contributed by atoms with Crippen molar-refractivity contribution < 1.29 is 19.1 Å². The molecule has 0 spiro atoms. The van der Waals surface area contributed by atoms with Crippen LogP contribution in [-0.4, -0.2) is 35.0 Å². The number of likely N-dealkylation sites (tertiary alicyclic amines) is 1. The number of benzene rings is 1. The molecule has 0 aromatic heterocycles. The van der Waals surface area contributed by atoms with Crippen LogP contribution in [0.15, 0.2) is 24.3 Å². The minimum Gasteiger partial charge on any atom is -0.481 e. The van der Waals surface area contributed by atoms with E-state index in [4.69, 9.17) is 16.7 Å². The van der Waals surface area contributed by atoms with E-state index >= 15 is 0 Å². The van der Waals surface area contributed by atoms with Gasteiger partial charge in [-0.05, 0) is 36.6 Å². The van der Waals surface area contributed by atoms with Gasteiger partial charge in [-0.15, -0.1) is 0 Å². The van der Waals surface area contributed by atoms with Crippen molar-refractivity contribution in [1.82, 2.24) is 4.90 Å². The van der Waals surface area contributed by atoms with Gasteiger partial charge in [0.2, 0.25) is 5.91 Å². The standard InChI is InChI=1S/C15H15ClFNO3/c16-12-8-10(3-5-13(12)17)4-6-14(19)18-7-1-2-11(9-18)15(20)21/h3-6,8,11H,1-2,7,9H2,(H,20,21)/b6-4+/t11-/m0/s1. The van der Waals surface area contributed by atoms with Gasteiger partial charge in [-0.25, -0.2) is 4.39 Å². The minimum absolute atomic E-state index is 0.00601. The monoisotopic (exact) mass is 311 g/mol. The van der Waals surface area contributed by atoms with E-state index < -0.39 is 17.7 Å². The van der Waals surface area contributed by atoms with Crippen LogP contribution in [0.2, 0.25) is 5.02 Å². The molecule has 1 aromatic carbocycles. The number of carboxylic acids is 1. The summed E-state index contributed by atoms with van der Waals surface area (Å²) in [5.41, 5.74) is 0.613. The summed E-state index contributed by atoms with van der Waals surface area (Å²) in [6, 6.07) is 4.17. The summed E-state index contributed by atoms with van der Waals surface area (Å²) >= 11 is 5.66. The minimum atomic E-state index is -0.873. The van der Waals surface area contributed by atoms with E-state index in [0.29, 0.717) is 24.9 Å². The number of halogens is 2. The fourth-order valence-electron chi connectivity index (χ4n) is 2.27. The summed E-state index contributed by atoms with van der Waals surface area (Å²) < 4.78 is 13.0. The topological polar surface area (TPSA) is 57.6 Å². The quantitative estimate of drug-likeness (QED) is 0.873. The van der Waals surface area contributed by atoms with E-state index in [1.807, 2.05) is 0 Å². The van der Waals surface area contributed by atoms with Crippen molar-refractivity contribution >= 4 is 29.6 Å². The molecule has 1 saturated heterocycles. The van der Waals surface area contributed by atoms with Crippen molar-refractivity contribution in [3.05, 3.63) is 40.7 Å². The van der Waals surface area contributed by atoms with Crippen LogP contribution in [0.1, 0.15) is 18.4 Å². The summed E-state index contributed by atoms with van der Waals surface area (Å²) in [7, 11) is 0. The molecule has 2 rings (SSSR count). The number of carboxylic acid groups (broad SMARTS) is 1. The van der Waals surface area contributed by atoms with E-state index in [2.05, 4.69) is 0 Å². The molecule has 1 aromatic rings. The summed E-state index contributed by atoms with van der Waals surface area (Å²) in [6.07, 6.45) is 4.17. The molecule has 1 atom stereocenters. The highest BCUT2D eigenvalue weighted by molar-refractivity contribution is 6.30. The van der Waals surface area contributed by atoms with Gasteiger partial charge >= 0.3 is 5.97 Å². The molecule has 1 heterocycles. The molecule has 0 aliphatic carbocycles. The average Bonchev–Trinajstić information content (AvgIpc) is 2.48. The third-order valence-electron chi connectivity index (χ3n) is 3.44. The van der Waals surface area contributed by atoms with Gasteiger partial charge < -0.3 is 10.0 Å². The van der Waals surface area contributed by atoms with Gasteiger partial charge in [0, 0.05) is 19.2 Å². The predicted octanol–water partition coefficient (Wildman–Crippen LogP) is 2.82. The second-order valence-corrected chi connectivity index (χ2v) is 5.38. The highest BCUT2D eigenvalue weighted by Gasteiger charge is 2.27. The highest BCUT2D eigenvalue weighted by Crippen LogP contribution is 2.19. The van der Waals surface area contributed by atoms with Crippen LogP contribution in [0, 0.1) is 11.7 Å². The number of rotatable bonds is 3. The number of piperidine rings is 1. The maximum Gasteiger partial charge on any atom is 0.308 e. The van der Waals surface area contributed by atoms with Gasteiger partial charge in [0.1, 0.15) is 5.82 Å². The Labute approximate surface area is 126 Å². The van der Waals surface area contributed by atoms with Gasteiger partial charge in [0.25, 0.3) is 0 Å². The average molecular weight is 312 g/mol. The van der Waals surface area contributed by atoms with Gasteiger partial charge in [0.15, 0.2) is 0 Å². The number of carbonyl (C=O) groups excluding carboxylic acids is 1. The number of nitrogens with zero attached hydrogens (tertiary/aromatic N) is 1. The largest absolute Gasteiger partial charge is 0.481 e. The fourth-order valence-corrected chi connectivity index (χ4v) is 2.46. The Morgan fingerprint density at radius 3 is 2.86 bits per heavy atom. The normalized spacial score (nSPS) is 19.0. The van der Waals surface area contributed by atoms with E-state index in [1.165, 1.54) is 35.3 Å². The number of aliphatic carboxylic acids is 1. The van der Waals surface area contributed by atoms with Gasteiger partial charge in [-0.1, -0.05) is 17.7 Å². The van der Waals surface area contributed by atoms with Gasteiger partial charge in [-0.2, -0.15) is 0 Å². The molecule has 1 aliphatic heterocycles. The molecule has 0 saturated carbocycles. The second-order valence-electron chi connectivity index (χ2n) is 4.97. The first-order valence-corrected chi connectivity index (χ1v) is 7.00. The molecule has 21 heavy (non-hydrogen) atoms. The molecule has 0 unspecified atom stereocenters. The highest BCUT2D eigenvalue weighted by atomic mass is 35.5. The zero-order valence-electron chi connectivity index (χ0n) is 11.3. The Kier molecular flexibility index (Phi) is 4.96. The number of amides is 1. The molecular weight excluding hydrogens is 297 g/mol. The number of hydrogen-bond donors (Lipinski definition) is 1. The third-order valence-corrected chi connectivity index (χ3v) is 3.73. The zero-order valence-corrected chi connectivity index (χ0v) is 12.0. The number of hydrogen-bond acceptors (Lipinski definition) is 2. The smallest absolute Gasteiger partial charge is 0.308 e. The molecular formula is C15H15ClFNO3. The molecule has 0 radical (unpaired) electrons. The van der Waals surface area contributed by atoms with E-state index in [-0.39, 0.29) is 17.5 Å². The summed E-state index contributed by atoms with van der Waals surface area (Å²) in [4.78, 5) is 24.5. The van der Waals surface area contributed by atoms with Crippen molar-refractivity contribution in [2.24, 2.45) is 5.92 Å². The Hall–Kier alpha value is -1.88. The molecule has 1 fully saturated rings. The third kappa shape index (κ3) is 4.04. The van der Waals surface area contributed by atoms with Crippen molar-refractivity contribution in [2.75, 3.05) is 13.1 Å². The molecule has 1 aliphatic rings. The van der Waals surface area contributed by atoms with Crippen molar-refractivity contribution in [1.29, 1.82) is 0 Å².